The summed E-state index contributed by atoms with van der Waals surface area (Å²) in [4.78, 5) is 38.3. The fraction of sp³-hybridized carbons (Fsp3) is 0.662. The van der Waals surface area contributed by atoms with Gasteiger partial charge in [-0.25, -0.2) is 0 Å². The Labute approximate surface area is 494 Å². The van der Waals surface area contributed by atoms with Gasteiger partial charge in [-0.1, -0.05) is 276 Å². The summed E-state index contributed by atoms with van der Waals surface area (Å²) < 4.78 is 16.9. The molecule has 0 saturated carbocycles. The van der Waals surface area contributed by atoms with Gasteiger partial charge in [0.05, 0.1) is 0 Å². The quantitative estimate of drug-likeness (QED) is 0.0261. The zero-order valence-electron chi connectivity index (χ0n) is 52.0. The summed E-state index contributed by atoms with van der Waals surface area (Å²) in [6.45, 7) is 6.45. The Balaban J connectivity index is 4.32. The van der Waals surface area contributed by atoms with Crippen molar-refractivity contribution in [2.24, 2.45) is 0 Å². The molecule has 0 fully saturated rings. The molecule has 0 spiro atoms. The largest absolute Gasteiger partial charge is 0.462 e. The van der Waals surface area contributed by atoms with Crippen molar-refractivity contribution in [3.8, 4) is 0 Å². The fourth-order valence-electron chi connectivity index (χ4n) is 8.88. The summed E-state index contributed by atoms with van der Waals surface area (Å²) in [5, 5.41) is 0. The van der Waals surface area contributed by atoms with Gasteiger partial charge in [0.1, 0.15) is 13.2 Å². The molecule has 0 aliphatic rings. The summed E-state index contributed by atoms with van der Waals surface area (Å²) >= 11 is 0. The Morgan fingerprint density at radius 2 is 0.500 bits per heavy atom. The van der Waals surface area contributed by atoms with Gasteiger partial charge in [-0.2, -0.15) is 0 Å². The van der Waals surface area contributed by atoms with E-state index in [1.54, 1.807) is 0 Å². The van der Waals surface area contributed by atoms with Gasteiger partial charge < -0.3 is 14.2 Å². The van der Waals surface area contributed by atoms with Crippen LogP contribution in [0.25, 0.3) is 0 Å². The van der Waals surface area contributed by atoms with Gasteiger partial charge >= 0.3 is 17.9 Å². The van der Waals surface area contributed by atoms with E-state index >= 15 is 0 Å². The molecule has 80 heavy (non-hydrogen) atoms. The van der Waals surface area contributed by atoms with Crippen molar-refractivity contribution >= 4 is 17.9 Å². The number of hydrogen-bond donors (Lipinski definition) is 0. The SMILES string of the molecule is CC/C=C\C/C=C\C/C=C\C/C=C\C/C=C\C/C=C\C/C=C\CCCCCCCCCCCC(=O)OCC(COC(=O)CCCCCCC/C=C\C/C=C\CCCC)OC(=O)CCCCCCCCC/C=C\C/C=C\CCCCC. The number of ether oxygens (including phenoxy) is 3. The molecule has 0 aromatic heterocycles. The number of hydrogen-bond acceptors (Lipinski definition) is 6. The van der Waals surface area contributed by atoms with E-state index in [1.165, 1.54) is 109 Å². The average molecular weight is 1110 g/mol. The lowest BCUT2D eigenvalue weighted by Crippen LogP contribution is -2.30. The molecule has 0 aliphatic heterocycles. The van der Waals surface area contributed by atoms with Crippen LogP contribution in [-0.2, 0) is 28.6 Å². The van der Waals surface area contributed by atoms with E-state index in [1.807, 2.05) is 0 Å². The van der Waals surface area contributed by atoms with Gasteiger partial charge in [-0.05, 0) is 135 Å². The van der Waals surface area contributed by atoms with Crippen LogP contribution in [0.5, 0.6) is 0 Å². The van der Waals surface area contributed by atoms with Crippen LogP contribution in [0.1, 0.15) is 297 Å². The van der Waals surface area contributed by atoms with Gasteiger partial charge in [0.15, 0.2) is 6.10 Å². The Hall–Kier alpha value is -4.45. The molecule has 454 valence electrons. The third-order valence-electron chi connectivity index (χ3n) is 13.9. The molecule has 0 aromatic carbocycles. The number of allylic oxidation sites excluding steroid dienone is 22. The topological polar surface area (TPSA) is 78.9 Å². The molecule has 0 heterocycles. The number of esters is 3. The van der Waals surface area contributed by atoms with Crippen molar-refractivity contribution < 1.29 is 28.6 Å². The van der Waals surface area contributed by atoms with Crippen LogP contribution in [0.3, 0.4) is 0 Å². The second-order valence-corrected chi connectivity index (χ2v) is 21.6. The van der Waals surface area contributed by atoms with E-state index in [0.717, 1.165) is 148 Å². The molecule has 0 saturated heterocycles. The highest BCUT2D eigenvalue weighted by Gasteiger charge is 2.19. The molecule has 0 N–H and O–H groups in total. The Kier molecular flexibility index (Phi) is 63.3. The lowest BCUT2D eigenvalue weighted by molar-refractivity contribution is -0.167. The fourth-order valence-corrected chi connectivity index (χ4v) is 8.88. The summed E-state index contributed by atoms with van der Waals surface area (Å²) in [5.74, 6) is -0.915. The number of carbonyl (C=O) groups is 3. The first kappa shape index (κ1) is 75.5. The lowest BCUT2D eigenvalue weighted by atomic mass is 10.1. The summed E-state index contributed by atoms with van der Waals surface area (Å²) in [5.41, 5.74) is 0. The molecule has 6 heteroatoms. The standard InChI is InChI=1S/C74H122O6/c1-4-7-10-13-16-19-22-25-28-30-31-32-33-34-35-36-37-38-39-40-41-42-43-45-46-49-52-55-58-61-64-67-73(76)79-70-71(69-78-72(75)66-63-60-57-54-51-48-27-24-21-18-15-12-9-6-3)80-74(77)68-65-62-59-56-53-50-47-44-29-26-23-20-17-14-11-8-5-2/h7,10,15-20,24-29,31-32,34-35,37-38,40-41,71H,4-6,8-9,11-14,21-23,30,33,36,39,42-70H2,1-3H3/b10-7-,18-15-,19-16-,20-17-,27-24-,28-25-,29-26-,32-31-,35-34-,38-37-,41-40-. The van der Waals surface area contributed by atoms with Gasteiger partial charge in [0.2, 0.25) is 0 Å². The van der Waals surface area contributed by atoms with Crippen molar-refractivity contribution in [2.45, 2.75) is 303 Å². The maximum Gasteiger partial charge on any atom is 0.306 e. The van der Waals surface area contributed by atoms with Crippen molar-refractivity contribution in [3.05, 3.63) is 134 Å². The smallest absolute Gasteiger partial charge is 0.306 e. The van der Waals surface area contributed by atoms with E-state index in [9.17, 15) is 14.4 Å². The predicted octanol–water partition coefficient (Wildman–Crippen LogP) is 22.9. The first-order valence-corrected chi connectivity index (χ1v) is 33.2. The van der Waals surface area contributed by atoms with Crippen LogP contribution in [0, 0.1) is 0 Å². The van der Waals surface area contributed by atoms with Crippen LogP contribution >= 0.6 is 0 Å². The molecular weight excluding hydrogens is 985 g/mol. The minimum atomic E-state index is -0.796. The predicted molar refractivity (Wildman–Crippen MR) is 348 cm³/mol. The molecule has 0 bridgehead atoms. The van der Waals surface area contributed by atoms with Crippen LogP contribution in [0.4, 0.5) is 0 Å². The number of carbonyl (C=O) groups excluding carboxylic acids is 3. The number of rotatable bonds is 59. The summed E-state index contributed by atoms with van der Waals surface area (Å²) in [6, 6.07) is 0. The van der Waals surface area contributed by atoms with Crippen LogP contribution in [0.15, 0.2) is 134 Å². The Bertz CT molecular complexity index is 1700. The highest BCUT2D eigenvalue weighted by molar-refractivity contribution is 5.71. The highest BCUT2D eigenvalue weighted by Crippen LogP contribution is 2.15. The molecule has 0 amide bonds. The third-order valence-corrected chi connectivity index (χ3v) is 13.9. The molecule has 0 aliphatic carbocycles. The second kappa shape index (κ2) is 67.1. The summed E-state index contributed by atoms with van der Waals surface area (Å²) in [6.07, 6.45) is 94.5. The molecule has 1 atom stereocenters. The van der Waals surface area contributed by atoms with Crippen molar-refractivity contribution in [1.82, 2.24) is 0 Å². The summed E-state index contributed by atoms with van der Waals surface area (Å²) in [7, 11) is 0. The van der Waals surface area contributed by atoms with Crippen molar-refractivity contribution in [3.63, 3.8) is 0 Å². The van der Waals surface area contributed by atoms with Gasteiger partial charge in [0, 0.05) is 19.3 Å². The van der Waals surface area contributed by atoms with E-state index in [0.29, 0.717) is 19.3 Å². The average Bonchev–Trinajstić information content (AvgIpc) is 3.46. The second-order valence-electron chi connectivity index (χ2n) is 21.6. The van der Waals surface area contributed by atoms with Crippen LogP contribution < -0.4 is 0 Å². The van der Waals surface area contributed by atoms with E-state index < -0.39 is 6.10 Å². The van der Waals surface area contributed by atoms with Crippen molar-refractivity contribution in [1.29, 1.82) is 0 Å². The van der Waals surface area contributed by atoms with Gasteiger partial charge in [-0.15, -0.1) is 0 Å². The van der Waals surface area contributed by atoms with Crippen LogP contribution in [-0.4, -0.2) is 37.2 Å². The van der Waals surface area contributed by atoms with E-state index in [4.69, 9.17) is 14.2 Å². The van der Waals surface area contributed by atoms with Crippen LogP contribution in [0.2, 0.25) is 0 Å². The van der Waals surface area contributed by atoms with Gasteiger partial charge in [0.25, 0.3) is 0 Å². The molecule has 6 nitrogen and oxygen atoms in total. The first-order valence-electron chi connectivity index (χ1n) is 33.2. The zero-order valence-corrected chi connectivity index (χ0v) is 52.0. The lowest BCUT2D eigenvalue weighted by Gasteiger charge is -2.18. The molecule has 0 rings (SSSR count). The van der Waals surface area contributed by atoms with Crippen molar-refractivity contribution in [2.75, 3.05) is 13.2 Å². The highest BCUT2D eigenvalue weighted by atomic mass is 16.6. The first-order chi connectivity index (χ1) is 39.5. The molecule has 0 radical (unpaired) electrons. The monoisotopic (exact) mass is 1110 g/mol. The number of unbranched alkanes of at least 4 members (excludes halogenated alkanes) is 26. The van der Waals surface area contributed by atoms with E-state index in [-0.39, 0.29) is 31.1 Å². The molecular formula is C74H122O6. The molecule has 0 aromatic rings. The molecule has 1 unspecified atom stereocenters. The Morgan fingerprint density at radius 1 is 0.263 bits per heavy atom. The minimum Gasteiger partial charge on any atom is -0.462 e. The Morgan fingerprint density at radius 3 is 0.800 bits per heavy atom. The third kappa shape index (κ3) is 64.4. The van der Waals surface area contributed by atoms with Gasteiger partial charge in [-0.3, -0.25) is 14.4 Å². The zero-order chi connectivity index (χ0) is 57.8. The maximum absolute atomic E-state index is 12.9. The maximum atomic E-state index is 12.9. The normalized spacial score (nSPS) is 13.0. The van der Waals surface area contributed by atoms with E-state index in [2.05, 4.69) is 154 Å². The minimum absolute atomic E-state index is 0.0916.